The van der Waals surface area contributed by atoms with Gasteiger partial charge in [-0.05, 0) is 30.7 Å². The van der Waals surface area contributed by atoms with E-state index in [1.165, 1.54) is 12.1 Å². The fourth-order valence-electron chi connectivity index (χ4n) is 4.53. The number of imidazole rings is 1. The summed E-state index contributed by atoms with van der Waals surface area (Å²) in [5.74, 6) is -2.37. The van der Waals surface area contributed by atoms with Gasteiger partial charge < -0.3 is 21.1 Å². The number of halogens is 3. The van der Waals surface area contributed by atoms with Gasteiger partial charge in [0.2, 0.25) is 5.95 Å². The Balaban J connectivity index is 1.43. The molecule has 2 unspecified atom stereocenters. The summed E-state index contributed by atoms with van der Waals surface area (Å²) in [4.78, 5) is 38.7. The third-order valence-corrected chi connectivity index (χ3v) is 6.31. The smallest absolute Gasteiger partial charge is 0.419 e. The summed E-state index contributed by atoms with van der Waals surface area (Å²) in [7, 11) is 0. The molecule has 0 radical (unpaired) electrons. The Morgan fingerprint density at radius 2 is 1.87 bits per heavy atom. The summed E-state index contributed by atoms with van der Waals surface area (Å²) in [6.07, 6.45) is 1.78. The zero-order valence-electron chi connectivity index (χ0n) is 19.8. The van der Waals surface area contributed by atoms with Crippen LogP contribution in [0.1, 0.15) is 22.3 Å². The molecule has 2 atom stereocenters. The summed E-state index contributed by atoms with van der Waals surface area (Å²) in [6.45, 7) is 0.674. The highest BCUT2D eigenvalue weighted by molar-refractivity contribution is 6.04. The first kappa shape index (κ1) is 25.1. The second-order valence-corrected chi connectivity index (χ2v) is 8.96. The van der Waals surface area contributed by atoms with E-state index >= 15 is 0 Å². The number of carbonyl (C=O) groups excluding carboxylic acids is 1. The number of fused-ring (bicyclic) bond motifs is 1. The summed E-state index contributed by atoms with van der Waals surface area (Å²) < 4.78 is 41.5. The molecule has 1 fully saturated rings. The number of carboxylic acids is 1. The molecular weight excluding hydrogens is 503 g/mol. The molecule has 1 saturated heterocycles. The van der Waals surface area contributed by atoms with Gasteiger partial charge in [-0.3, -0.25) is 19.0 Å². The van der Waals surface area contributed by atoms with Gasteiger partial charge in [-0.2, -0.15) is 13.2 Å². The largest absolute Gasteiger partial charge is 0.481 e. The average Bonchev–Trinajstić information content (AvgIpc) is 3.28. The Hall–Kier alpha value is -4.52. The van der Waals surface area contributed by atoms with E-state index in [0.717, 1.165) is 18.3 Å². The Labute approximate surface area is 213 Å². The molecule has 1 aliphatic heterocycles. The number of carboxylic acid groups (broad SMARTS) is 1. The first-order valence-corrected chi connectivity index (χ1v) is 11.6. The molecule has 196 valence electrons. The number of amides is 1. The van der Waals surface area contributed by atoms with Gasteiger partial charge >= 0.3 is 12.1 Å². The fourth-order valence-corrected chi connectivity index (χ4v) is 4.53. The first-order chi connectivity index (χ1) is 18.1. The molecule has 4 aromatic rings. The molecular formula is C25H22F3N7O3. The topological polar surface area (TPSA) is 139 Å². The van der Waals surface area contributed by atoms with Crippen molar-refractivity contribution in [3.63, 3.8) is 0 Å². The van der Waals surface area contributed by atoms with E-state index in [0.29, 0.717) is 35.7 Å². The minimum Gasteiger partial charge on any atom is -0.481 e. The summed E-state index contributed by atoms with van der Waals surface area (Å²) >= 11 is 0. The maximum Gasteiger partial charge on any atom is 0.419 e. The predicted molar refractivity (Wildman–Crippen MR) is 132 cm³/mol. The Morgan fingerprint density at radius 1 is 1.11 bits per heavy atom. The second kappa shape index (κ2) is 9.74. The number of benzene rings is 1. The lowest BCUT2D eigenvalue weighted by atomic mass is 9.95. The van der Waals surface area contributed by atoms with Gasteiger partial charge in [0.25, 0.3) is 5.91 Å². The maximum absolute atomic E-state index is 13.2. The molecule has 1 aromatic carbocycles. The van der Waals surface area contributed by atoms with E-state index in [2.05, 4.69) is 15.3 Å². The number of hydrogen-bond acceptors (Lipinski definition) is 7. The van der Waals surface area contributed by atoms with Crippen LogP contribution in [-0.4, -0.2) is 55.5 Å². The minimum atomic E-state index is -4.67. The molecule has 1 aliphatic rings. The average molecular weight is 525 g/mol. The molecule has 13 heteroatoms. The quantitative estimate of drug-likeness (QED) is 0.361. The van der Waals surface area contributed by atoms with Crippen molar-refractivity contribution < 1.29 is 27.9 Å². The zero-order valence-corrected chi connectivity index (χ0v) is 19.8. The Morgan fingerprint density at radius 3 is 2.58 bits per heavy atom. The van der Waals surface area contributed by atoms with Crippen molar-refractivity contribution in [1.29, 1.82) is 0 Å². The molecule has 5 rings (SSSR count). The monoisotopic (exact) mass is 525 g/mol. The maximum atomic E-state index is 13.2. The number of nitrogens with one attached hydrogen (secondary N) is 1. The molecule has 4 heterocycles. The predicted octanol–water partition coefficient (Wildman–Crippen LogP) is 3.30. The number of anilines is 2. The van der Waals surface area contributed by atoms with Gasteiger partial charge in [-0.25, -0.2) is 9.97 Å². The minimum absolute atomic E-state index is 0.126. The highest BCUT2D eigenvalue weighted by atomic mass is 19.4. The third-order valence-electron chi connectivity index (χ3n) is 6.31. The molecule has 0 spiro atoms. The van der Waals surface area contributed by atoms with E-state index in [4.69, 9.17) is 10.7 Å². The van der Waals surface area contributed by atoms with Gasteiger partial charge in [-0.1, -0.05) is 12.1 Å². The molecule has 4 N–H and O–H groups in total. The van der Waals surface area contributed by atoms with Crippen LogP contribution < -0.4 is 16.0 Å². The zero-order chi connectivity index (χ0) is 27.0. The number of carbonyl (C=O) groups is 2. The highest BCUT2D eigenvalue weighted by Gasteiger charge is 2.35. The van der Waals surface area contributed by atoms with Crippen LogP contribution in [0.25, 0.3) is 16.8 Å². The molecule has 3 aromatic heterocycles. The Kier molecular flexibility index (Phi) is 6.45. The van der Waals surface area contributed by atoms with Crippen LogP contribution in [0.2, 0.25) is 0 Å². The van der Waals surface area contributed by atoms with Gasteiger partial charge in [0, 0.05) is 48.8 Å². The van der Waals surface area contributed by atoms with E-state index in [1.807, 2.05) is 4.90 Å². The van der Waals surface area contributed by atoms with Crippen LogP contribution in [0.3, 0.4) is 0 Å². The number of nitrogens with zero attached hydrogens (tertiary/aromatic N) is 5. The lowest BCUT2D eigenvalue weighted by molar-refractivity contribution is -0.142. The van der Waals surface area contributed by atoms with Gasteiger partial charge in [-0.15, -0.1) is 0 Å². The molecule has 0 bridgehead atoms. The molecule has 0 aliphatic carbocycles. The SMILES string of the molecule is NC1CC(C(=O)O)CN(c2nc(-c3ccc(C(=O)Nc4ncccc4C(F)(F)F)cc3)c3cnccn23)C1. The fraction of sp³-hybridized carbons (Fsp3) is 0.240. The molecule has 0 saturated carbocycles. The van der Waals surface area contributed by atoms with E-state index < -0.39 is 35.4 Å². The van der Waals surface area contributed by atoms with E-state index in [1.54, 1.807) is 35.1 Å². The number of pyridine rings is 1. The summed E-state index contributed by atoms with van der Waals surface area (Å²) in [6, 6.07) is 7.84. The number of rotatable bonds is 5. The lowest BCUT2D eigenvalue weighted by Crippen LogP contribution is -2.49. The molecule has 38 heavy (non-hydrogen) atoms. The van der Waals surface area contributed by atoms with Crippen molar-refractivity contribution in [2.24, 2.45) is 11.7 Å². The normalized spacial score (nSPS) is 17.9. The van der Waals surface area contributed by atoms with Crippen molar-refractivity contribution >= 4 is 29.2 Å². The lowest BCUT2D eigenvalue weighted by Gasteiger charge is -2.34. The second-order valence-electron chi connectivity index (χ2n) is 8.96. The van der Waals surface area contributed by atoms with Crippen molar-refractivity contribution in [2.45, 2.75) is 18.6 Å². The number of nitrogens with two attached hydrogens (primary N) is 1. The number of piperidine rings is 1. The van der Waals surface area contributed by atoms with Crippen LogP contribution in [0.15, 0.2) is 61.2 Å². The van der Waals surface area contributed by atoms with E-state index in [-0.39, 0.29) is 18.2 Å². The van der Waals surface area contributed by atoms with E-state index in [9.17, 15) is 27.9 Å². The number of aliphatic carboxylic acids is 1. The number of alkyl halides is 3. The van der Waals surface area contributed by atoms with Crippen LogP contribution in [0.4, 0.5) is 24.9 Å². The standard InChI is InChI=1S/C25H22F3N7O3/c26-25(27,28)18-2-1-7-31-21(18)33-22(36)15-5-3-14(4-6-15)20-19-11-30-8-9-35(19)24(32-20)34-12-16(23(37)38)10-17(29)13-34/h1-9,11,16-17H,10,12-13,29H2,(H,37,38)(H,31,33,36). The van der Waals surface area contributed by atoms with Gasteiger partial charge in [0.1, 0.15) is 5.82 Å². The van der Waals surface area contributed by atoms with Crippen LogP contribution in [0.5, 0.6) is 0 Å². The highest BCUT2D eigenvalue weighted by Crippen LogP contribution is 2.34. The van der Waals surface area contributed by atoms with Crippen molar-refractivity contribution in [3.05, 3.63) is 72.3 Å². The number of aromatic nitrogens is 4. The summed E-state index contributed by atoms with van der Waals surface area (Å²) in [5, 5.41) is 11.7. The number of hydrogen-bond donors (Lipinski definition) is 3. The van der Waals surface area contributed by atoms with Gasteiger partial charge in [0.05, 0.1) is 28.9 Å². The first-order valence-electron chi connectivity index (χ1n) is 11.6. The molecule has 10 nitrogen and oxygen atoms in total. The van der Waals surface area contributed by atoms with Crippen LogP contribution >= 0.6 is 0 Å². The van der Waals surface area contributed by atoms with Crippen molar-refractivity contribution in [3.8, 4) is 11.3 Å². The van der Waals surface area contributed by atoms with Crippen LogP contribution in [-0.2, 0) is 11.0 Å². The van der Waals surface area contributed by atoms with Crippen molar-refractivity contribution in [2.75, 3.05) is 23.3 Å². The third kappa shape index (κ3) is 4.87. The molecule has 1 amide bonds. The van der Waals surface area contributed by atoms with Crippen molar-refractivity contribution in [1.82, 2.24) is 19.4 Å². The summed E-state index contributed by atoms with van der Waals surface area (Å²) in [5.41, 5.74) is 7.02. The Bertz CT molecular complexity index is 1500. The van der Waals surface area contributed by atoms with Crippen LogP contribution in [0, 0.1) is 5.92 Å². The van der Waals surface area contributed by atoms with Gasteiger partial charge in [0.15, 0.2) is 0 Å².